The van der Waals surface area contributed by atoms with Crippen molar-refractivity contribution < 1.29 is 4.74 Å². The Bertz CT molecular complexity index is 1040. The maximum Gasteiger partial charge on any atom is 0.186 e. The number of anilines is 2. The van der Waals surface area contributed by atoms with Crippen molar-refractivity contribution in [1.82, 2.24) is 9.97 Å². The number of fused-ring (bicyclic) bond motifs is 2. The van der Waals surface area contributed by atoms with Gasteiger partial charge in [-0.1, -0.05) is 35.7 Å². The van der Waals surface area contributed by atoms with Crippen LogP contribution in [-0.2, 0) is 6.42 Å². The summed E-state index contributed by atoms with van der Waals surface area (Å²) in [6.07, 6.45) is 1.07. The summed E-state index contributed by atoms with van der Waals surface area (Å²) in [6, 6.07) is 12.7. The smallest absolute Gasteiger partial charge is 0.186 e. The molecular formula is C21H22N4OS2. The minimum absolute atomic E-state index is 0.884. The molecular weight excluding hydrogens is 388 g/mol. The van der Waals surface area contributed by atoms with Gasteiger partial charge in [-0.3, -0.25) is 0 Å². The summed E-state index contributed by atoms with van der Waals surface area (Å²) in [4.78, 5) is 14.5. The van der Waals surface area contributed by atoms with Gasteiger partial charge in [-0.05, 0) is 42.3 Å². The second-order valence-corrected chi connectivity index (χ2v) is 8.97. The van der Waals surface area contributed by atoms with Crippen LogP contribution in [0.5, 0.6) is 5.75 Å². The van der Waals surface area contributed by atoms with E-state index in [2.05, 4.69) is 41.0 Å². The van der Waals surface area contributed by atoms with Gasteiger partial charge in [0.25, 0.3) is 0 Å². The summed E-state index contributed by atoms with van der Waals surface area (Å²) in [5, 5.41) is 2.23. The van der Waals surface area contributed by atoms with Crippen LogP contribution in [0.4, 0.5) is 10.3 Å². The number of ether oxygens (including phenoxy) is 1. The molecule has 5 nitrogen and oxygen atoms in total. The third kappa shape index (κ3) is 3.18. The average molecular weight is 411 g/mol. The molecule has 7 heteroatoms. The minimum atomic E-state index is 0.884. The van der Waals surface area contributed by atoms with Gasteiger partial charge in [-0.25, -0.2) is 9.97 Å². The lowest BCUT2D eigenvalue weighted by Gasteiger charge is -2.34. The van der Waals surface area contributed by atoms with E-state index in [1.807, 2.05) is 23.5 Å². The quantitative estimate of drug-likeness (QED) is 0.483. The van der Waals surface area contributed by atoms with E-state index in [4.69, 9.17) is 14.7 Å². The highest BCUT2D eigenvalue weighted by atomic mass is 32.1. The molecule has 1 saturated heterocycles. The van der Waals surface area contributed by atoms with Crippen LogP contribution < -0.4 is 14.5 Å². The van der Waals surface area contributed by atoms with Crippen LogP contribution in [0, 0.1) is 0 Å². The molecule has 0 unspecified atom stereocenters. The normalized spacial score (nSPS) is 14.9. The zero-order valence-corrected chi connectivity index (χ0v) is 17.6. The van der Waals surface area contributed by atoms with Gasteiger partial charge >= 0.3 is 0 Å². The fourth-order valence-corrected chi connectivity index (χ4v) is 5.68. The largest absolute Gasteiger partial charge is 0.497 e. The number of nitrogens with zero attached hydrogens (tertiary/aromatic N) is 4. The standard InChI is InChI=1S/C21H22N4OS2/c1-3-14-4-6-16-18(12-14)27-20(22-16)24-8-10-25(11-9-24)21-23-17-7-5-15(26-2)13-19(17)28-21/h4-7,12-13H,3,8-11H2,1-2H3. The highest BCUT2D eigenvalue weighted by Crippen LogP contribution is 2.34. The molecule has 0 radical (unpaired) electrons. The Kier molecular flexibility index (Phi) is 4.56. The van der Waals surface area contributed by atoms with Gasteiger partial charge in [0, 0.05) is 26.2 Å². The molecule has 0 bridgehead atoms. The van der Waals surface area contributed by atoms with Gasteiger partial charge in [0.05, 0.1) is 27.5 Å². The van der Waals surface area contributed by atoms with E-state index in [-0.39, 0.29) is 0 Å². The Hall–Kier alpha value is -2.38. The summed E-state index contributed by atoms with van der Waals surface area (Å²) in [5.74, 6) is 0.884. The van der Waals surface area contributed by atoms with Crippen molar-refractivity contribution in [2.75, 3.05) is 43.1 Å². The zero-order valence-electron chi connectivity index (χ0n) is 16.0. The van der Waals surface area contributed by atoms with Crippen molar-refractivity contribution >= 4 is 53.4 Å². The average Bonchev–Trinajstić information content (AvgIpc) is 3.36. The molecule has 1 aliphatic heterocycles. The monoisotopic (exact) mass is 410 g/mol. The first-order valence-electron chi connectivity index (χ1n) is 9.57. The third-order valence-corrected chi connectivity index (χ3v) is 7.41. The molecule has 1 aliphatic rings. The molecule has 0 saturated carbocycles. The van der Waals surface area contributed by atoms with E-state index in [1.165, 1.54) is 15.0 Å². The molecule has 0 aliphatic carbocycles. The second-order valence-electron chi connectivity index (χ2n) is 6.96. The molecule has 144 valence electrons. The topological polar surface area (TPSA) is 41.5 Å². The van der Waals surface area contributed by atoms with Gasteiger partial charge in [0.2, 0.25) is 0 Å². The number of benzene rings is 2. The van der Waals surface area contributed by atoms with Crippen molar-refractivity contribution in [2.45, 2.75) is 13.3 Å². The van der Waals surface area contributed by atoms with E-state index in [0.717, 1.165) is 59.6 Å². The fourth-order valence-electron chi connectivity index (χ4n) is 3.56. The van der Waals surface area contributed by atoms with Crippen LogP contribution >= 0.6 is 22.7 Å². The maximum absolute atomic E-state index is 5.33. The molecule has 0 amide bonds. The van der Waals surface area contributed by atoms with Gasteiger partial charge in [0.1, 0.15) is 5.75 Å². The third-order valence-electron chi connectivity index (χ3n) is 5.25. The number of rotatable bonds is 4. The van der Waals surface area contributed by atoms with Crippen LogP contribution in [0.3, 0.4) is 0 Å². The number of aromatic nitrogens is 2. The minimum Gasteiger partial charge on any atom is -0.497 e. The van der Waals surface area contributed by atoms with Crippen molar-refractivity contribution in [2.24, 2.45) is 0 Å². The van der Waals surface area contributed by atoms with E-state index in [0.29, 0.717) is 0 Å². The molecule has 5 rings (SSSR count). The Morgan fingerprint density at radius 1 is 0.857 bits per heavy atom. The van der Waals surface area contributed by atoms with Crippen LogP contribution in [0.2, 0.25) is 0 Å². The highest BCUT2D eigenvalue weighted by molar-refractivity contribution is 7.22. The zero-order chi connectivity index (χ0) is 19.1. The lowest BCUT2D eigenvalue weighted by Crippen LogP contribution is -2.46. The van der Waals surface area contributed by atoms with Gasteiger partial charge in [-0.2, -0.15) is 0 Å². The maximum atomic E-state index is 5.33. The van der Waals surface area contributed by atoms with Gasteiger partial charge < -0.3 is 14.5 Å². The molecule has 3 heterocycles. The van der Waals surface area contributed by atoms with Crippen molar-refractivity contribution in [3.63, 3.8) is 0 Å². The molecule has 0 atom stereocenters. The first kappa shape index (κ1) is 17.7. The van der Waals surface area contributed by atoms with E-state index < -0.39 is 0 Å². The SMILES string of the molecule is CCc1ccc2nc(N3CCN(c4nc5ccc(OC)cc5s4)CC3)sc2c1. The molecule has 2 aromatic heterocycles. The Labute approximate surface area is 172 Å². The van der Waals surface area contributed by atoms with Crippen molar-refractivity contribution in [1.29, 1.82) is 0 Å². The van der Waals surface area contributed by atoms with Crippen LogP contribution in [0.1, 0.15) is 12.5 Å². The Morgan fingerprint density at radius 2 is 1.43 bits per heavy atom. The highest BCUT2D eigenvalue weighted by Gasteiger charge is 2.22. The number of thiazole rings is 2. The van der Waals surface area contributed by atoms with Crippen molar-refractivity contribution in [3.05, 3.63) is 42.0 Å². The fraction of sp³-hybridized carbons (Fsp3) is 0.333. The molecule has 1 fully saturated rings. The summed E-state index contributed by atoms with van der Waals surface area (Å²) < 4.78 is 7.80. The number of piperazine rings is 1. The molecule has 28 heavy (non-hydrogen) atoms. The van der Waals surface area contributed by atoms with E-state index in [9.17, 15) is 0 Å². The number of aryl methyl sites for hydroxylation is 1. The lowest BCUT2D eigenvalue weighted by molar-refractivity contribution is 0.415. The molecule has 0 N–H and O–H groups in total. The first-order valence-corrected chi connectivity index (χ1v) is 11.2. The van der Waals surface area contributed by atoms with E-state index in [1.54, 1.807) is 18.4 Å². The van der Waals surface area contributed by atoms with Gasteiger partial charge in [-0.15, -0.1) is 0 Å². The predicted octanol–water partition coefficient (Wildman–Crippen LogP) is 4.80. The predicted molar refractivity (Wildman–Crippen MR) is 120 cm³/mol. The van der Waals surface area contributed by atoms with Gasteiger partial charge in [0.15, 0.2) is 10.3 Å². The number of hydrogen-bond donors (Lipinski definition) is 0. The summed E-state index contributed by atoms with van der Waals surface area (Å²) in [5.41, 5.74) is 3.53. The van der Waals surface area contributed by atoms with Crippen LogP contribution in [0.25, 0.3) is 20.4 Å². The lowest BCUT2D eigenvalue weighted by atomic mass is 10.2. The summed E-state index contributed by atoms with van der Waals surface area (Å²) in [6.45, 7) is 6.07. The summed E-state index contributed by atoms with van der Waals surface area (Å²) >= 11 is 3.55. The van der Waals surface area contributed by atoms with Crippen LogP contribution in [-0.4, -0.2) is 43.3 Å². The van der Waals surface area contributed by atoms with Crippen molar-refractivity contribution in [3.8, 4) is 5.75 Å². The first-order chi connectivity index (χ1) is 13.7. The Balaban J connectivity index is 1.32. The van der Waals surface area contributed by atoms with Crippen LogP contribution in [0.15, 0.2) is 36.4 Å². The van der Waals surface area contributed by atoms with E-state index >= 15 is 0 Å². The number of methoxy groups -OCH3 is 1. The molecule has 2 aromatic carbocycles. The summed E-state index contributed by atoms with van der Waals surface area (Å²) in [7, 11) is 1.70. The molecule has 0 spiro atoms. The molecule has 4 aromatic rings. The Morgan fingerprint density at radius 3 is 2.00 bits per heavy atom. The second kappa shape index (κ2) is 7.22. The number of hydrogen-bond acceptors (Lipinski definition) is 7.